The fourth-order valence-electron chi connectivity index (χ4n) is 5.79. The maximum absolute atomic E-state index is 13.4. The van der Waals surface area contributed by atoms with Crippen LogP contribution in [0.4, 0.5) is 5.69 Å². The highest BCUT2D eigenvalue weighted by molar-refractivity contribution is 5.99. The molecule has 3 aromatic carbocycles. The summed E-state index contributed by atoms with van der Waals surface area (Å²) in [5.74, 6) is 0.415. The zero-order chi connectivity index (χ0) is 25.4. The number of cyclic esters (lactones) is 1. The van der Waals surface area contributed by atoms with Crippen LogP contribution in [0.2, 0.25) is 0 Å². The molecule has 36 heavy (non-hydrogen) atoms. The number of rotatable bonds is 8. The van der Waals surface area contributed by atoms with Crippen molar-refractivity contribution in [3.05, 3.63) is 94.2 Å². The number of nitrogens with zero attached hydrogens (tertiary/aromatic N) is 1. The van der Waals surface area contributed by atoms with Gasteiger partial charge in [-0.2, -0.15) is 0 Å². The van der Waals surface area contributed by atoms with Gasteiger partial charge in [-0.1, -0.05) is 37.3 Å². The Labute approximate surface area is 213 Å². The Morgan fingerprint density at radius 3 is 2.44 bits per heavy atom. The lowest BCUT2D eigenvalue weighted by molar-refractivity contribution is 0.0246. The average molecular weight is 483 g/mol. The van der Waals surface area contributed by atoms with E-state index in [1.165, 1.54) is 5.56 Å². The summed E-state index contributed by atoms with van der Waals surface area (Å²) >= 11 is 0. The highest BCUT2D eigenvalue weighted by Gasteiger charge is 2.52. The summed E-state index contributed by atoms with van der Waals surface area (Å²) < 4.78 is 12.8. The van der Waals surface area contributed by atoms with E-state index in [9.17, 15) is 4.79 Å². The molecule has 0 saturated heterocycles. The molecule has 0 spiro atoms. The molecule has 0 saturated carbocycles. The molecule has 1 N–H and O–H groups in total. The number of hydrogen-bond acceptors (Lipinski definition) is 4. The van der Waals surface area contributed by atoms with Crippen LogP contribution in [0, 0.1) is 6.92 Å². The SMILES string of the molecule is CCOc1cc(N(CC)CC)ccc1C1(c2c(C)[nH]c3cccc(CC)c23)OC(=O)c2ccccc21. The zero-order valence-corrected chi connectivity index (χ0v) is 21.8. The van der Waals surface area contributed by atoms with Gasteiger partial charge in [-0.15, -0.1) is 0 Å². The predicted octanol–water partition coefficient (Wildman–Crippen LogP) is 6.75. The third kappa shape index (κ3) is 3.48. The Balaban J connectivity index is 1.90. The number of esters is 1. The topological polar surface area (TPSA) is 54.6 Å². The molecule has 0 radical (unpaired) electrons. The van der Waals surface area contributed by atoms with Crippen molar-refractivity contribution in [1.29, 1.82) is 0 Å². The summed E-state index contributed by atoms with van der Waals surface area (Å²) in [4.78, 5) is 19.3. The normalized spacial score (nSPS) is 16.8. The van der Waals surface area contributed by atoms with Gasteiger partial charge in [0.1, 0.15) is 5.75 Å². The van der Waals surface area contributed by atoms with Crippen LogP contribution in [0.5, 0.6) is 5.75 Å². The van der Waals surface area contributed by atoms with E-state index in [1.807, 2.05) is 31.2 Å². The van der Waals surface area contributed by atoms with Gasteiger partial charge in [0.2, 0.25) is 0 Å². The van der Waals surface area contributed by atoms with E-state index in [4.69, 9.17) is 9.47 Å². The van der Waals surface area contributed by atoms with Crippen molar-refractivity contribution >= 4 is 22.6 Å². The standard InChI is InChI=1S/C31H34N2O3/c1-6-21-13-12-16-26-28(21)29(20(5)32-26)31(24-15-11-10-14-23(24)30(34)36-31)25-18-17-22(33(7-2)8-3)19-27(25)35-9-4/h10-19,32H,6-9H2,1-5H3. The third-order valence-electron chi connectivity index (χ3n) is 7.38. The van der Waals surface area contributed by atoms with E-state index in [0.29, 0.717) is 12.2 Å². The minimum atomic E-state index is -1.13. The number of hydrogen-bond donors (Lipinski definition) is 1. The van der Waals surface area contributed by atoms with E-state index in [0.717, 1.165) is 64.2 Å². The summed E-state index contributed by atoms with van der Waals surface area (Å²) in [6.45, 7) is 12.8. The zero-order valence-electron chi connectivity index (χ0n) is 21.8. The van der Waals surface area contributed by atoms with Crippen LogP contribution in [-0.2, 0) is 16.8 Å². The maximum Gasteiger partial charge on any atom is 0.340 e. The first-order chi connectivity index (χ1) is 17.5. The van der Waals surface area contributed by atoms with Gasteiger partial charge in [-0.25, -0.2) is 4.79 Å². The molecule has 2 heterocycles. The minimum Gasteiger partial charge on any atom is -0.493 e. The third-order valence-corrected chi connectivity index (χ3v) is 7.38. The van der Waals surface area contributed by atoms with Crippen molar-refractivity contribution in [1.82, 2.24) is 4.98 Å². The molecule has 0 fully saturated rings. The molecular formula is C31H34N2O3. The number of anilines is 1. The van der Waals surface area contributed by atoms with Gasteiger partial charge < -0.3 is 19.4 Å². The number of aromatic amines is 1. The van der Waals surface area contributed by atoms with E-state index < -0.39 is 5.60 Å². The first-order valence-corrected chi connectivity index (χ1v) is 13.0. The molecule has 1 aliphatic rings. The van der Waals surface area contributed by atoms with Gasteiger partial charge in [0, 0.05) is 58.1 Å². The lowest BCUT2D eigenvalue weighted by Crippen LogP contribution is -2.31. The summed E-state index contributed by atoms with van der Waals surface area (Å²) in [5.41, 5.74) is 6.45. The predicted molar refractivity (Wildman–Crippen MR) is 145 cm³/mol. The van der Waals surface area contributed by atoms with Gasteiger partial charge >= 0.3 is 5.97 Å². The fraction of sp³-hybridized carbons (Fsp3) is 0.323. The number of aromatic nitrogens is 1. The van der Waals surface area contributed by atoms with Crippen molar-refractivity contribution in [2.75, 3.05) is 24.6 Å². The summed E-state index contributed by atoms with van der Waals surface area (Å²) in [7, 11) is 0. The second-order valence-corrected chi connectivity index (χ2v) is 9.22. The first-order valence-electron chi connectivity index (χ1n) is 13.0. The molecule has 0 amide bonds. The number of fused-ring (bicyclic) bond motifs is 2. The molecular weight excluding hydrogens is 448 g/mol. The van der Waals surface area contributed by atoms with E-state index >= 15 is 0 Å². The van der Waals surface area contributed by atoms with Crippen molar-refractivity contribution in [2.24, 2.45) is 0 Å². The molecule has 0 aliphatic carbocycles. The molecule has 1 unspecified atom stereocenters. The average Bonchev–Trinajstić information content (AvgIpc) is 3.39. The number of benzene rings is 3. The molecule has 1 aliphatic heterocycles. The molecule has 1 atom stereocenters. The first kappa shape index (κ1) is 24.0. The van der Waals surface area contributed by atoms with Crippen molar-refractivity contribution < 1.29 is 14.3 Å². The van der Waals surface area contributed by atoms with Gasteiger partial charge in [0.25, 0.3) is 0 Å². The van der Waals surface area contributed by atoms with Crippen LogP contribution >= 0.6 is 0 Å². The van der Waals surface area contributed by atoms with Crippen LogP contribution < -0.4 is 9.64 Å². The van der Waals surface area contributed by atoms with Crippen molar-refractivity contribution in [2.45, 2.75) is 46.6 Å². The van der Waals surface area contributed by atoms with Gasteiger partial charge in [0.15, 0.2) is 5.60 Å². The number of nitrogens with one attached hydrogen (secondary N) is 1. The number of ether oxygens (including phenoxy) is 2. The molecule has 0 bridgehead atoms. The highest BCUT2D eigenvalue weighted by Crippen LogP contribution is 2.53. The quantitative estimate of drug-likeness (QED) is 0.282. The lowest BCUT2D eigenvalue weighted by Gasteiger charge is -2.33. The monoisotopic (exact) mass is 482 g/mol. The van der Waals surface area contributed by atoms with Crippen LogP contribution in [0.3, 0.4) is 0 Å². The van der Waals surface area contributed by atoms with Crippen LogP contribution in [0.1, 0.15) is 66.0 Å². The molecule has 4 aromatic rings. The Hall–Kier alpha value is -3.73. The van der Waals surface area contributed by atoms with E-state index in [1.54, 1.807) is 0 Å². The van der Waals surface area contributed by atoms with Crippen LogP contribution in [0.25, 0.3) is 10.9 Å². The summed E-state index contributed by atoms with van der Waals surface area (Å²) in [5, 5.41) is 1.11. The molecule has 5 nitrogen and oxygen atoms in total. The van der Waals surface area contributed by atoms with Gasteiger partial charge in [-0.05, 0) is 63.9 Å². The molecule has 5 heteroatoms. The number of H-pyrrole nitrogens is 1. The number of aryl methyl sites for hydroxylation is 2. The Kier molecular flexibility index (Phi) is 6.25. The van der Waals surface area contributed by atoms with Crippen molar-refractivity contribution in [3.8, 4) is 5.75 Å². The Morgan fingerprint density at radius 2 is 1.72 bits per heavy atom. The summed E-state index contributed by atoms with van der Waals surface area (Å²) in [6, 6.07) is 20.4. The maximum atomic E-state index is 13.4. The van der Waals surface area contributed by atoms with E-state index in [2.05, 4.69) is 74.0 Å². The molecule has 186 valence electrons. The summed E-state index contributed by atoms with van der Waals surface area (Å²) in [6.07, 6.45) is 0.868. The van der Waals surface area contributed by atoms with Crippen LogP contribution in [0.15, 0.2) is 60.7 Å². The molecule has 5 rings (SSSR count). The molecule has 1 aromatic heterocycles. The highest BCUT2D eigenvalue weighted by atomic mass is 16.6. The van der Waals surface area contributed by atoms with Crippen LogP contribution in [-0.4, -0.2) is 30.6 Å². The second kappa shape index (κ2) is 9.38. The second-order valence-electron chi connectivity index (χ2n) is 9.22. The lowest BCUT2D eigenvalue weighted by atomic mass is 9.77. The Bertz CT molecular complexity index is 1430. The number of carbonyl (C=O) groups is 1. The largest absolute Gasteiger partial charge is 0.493 e. The minimum absolute atomic E-state index is 0.316. The fourth-order valence-corrected chi connectivity index (χ4v) is 5.79. The van der Waals surface area contributed by atoms with E-state index in [-0.39, 0.29) is 5.97 Å². The smallest absolute Gasteiger partial charge is 0.340 e. The number of carbonyl (C=O) groups excluding carboxylic acids is 1. The Morgan fingerprint density at radius 1 is 0.944 bits per heavy atom. The van der Waals surface area contributed by atoms with Crippen molar-refractivity contribution in [3.63, 3.8) is 0 Å². The van der Waals surface area contributed by atoms with Gasteiger partial charge in [-0.3, -0.25) is 0 Å². The van der Waals surface area contributed by atoms with Gasteiger partial charge in [0.05, 0.1) is 12.2 Å².